The van der Waals surface area contributed by atoms with Crippen LogP contribution in [0.15, 0.2) is 36.4 Å². The lowest BCUT2D eigenvalue weighted by molar-refractivity contribution is -0.127. The average Bonchev–Trinajstić information content (AvgIpc) is 3.07. The maximum Gasteiger partial charge on any atom is 0.312 e. The molecule has 1 aliphatic rings. The van der Waals surface area contributed by atoms with Crippen LogP contribution < -0.4 is 27.0 Å². The van der Waals surface area contributed by atoms with E-state index >= 15 is 0 Å². The van der Waals surface area contributed by atoms with Crippen molar-refractivity contribution >= 4 is 40.9 Å². The standard InChI is InChI=1S/C22H29N5O5/c1-13(2)20(23)17(28)12-14(4-3-11-25-22(24)32)21(31)26-15-5-7-16(8-6-15)27-18(29)9-10-19(27)30/h5-10,13-14,20H,3-4,11-12,23H2,1-2H3,(H,26,31)(H3,24,25,32)/t14-,20+/m1/s1. The van der Waals surface area contributed by atoms with Gasteiger partial charge >= 0.3 is 6.03 Å². The number of hydrogen-bond donors (Lipinski definition) is 4. The fourth-order valence-corrected chi connectivity index (χ4v) is 3.23. The Morgan fingerprint density at radius 3 is 2.16 bits per heavy atom. The molecular formula is C22H29N5O5. The second-order valence-electron chi connectivity index (χ2n) is 7.95. The Kier molecular flexibility index (Phi) is 8.65. The van der Waals surface area contributed by atoms with Gasteiger partial charge < -0.3 is 22.1 Å². The van der Waals surface area contributed by atoms with E-state index in [1.807, 2.05) is 13.8 Å². The van der Waals surface area contributed by atoms with Crippen LogP contribution in [0.1, 0.15) is 33.1 Å². The van der Waals surface area contributed by atoms with Crippen LogP contribution in [0.2, 0.25) is 0 Å². The minimum Gasteiger partial charge on any atom is -0.352 e. The van der Waals surface area contributed by atoms with Crippen molar-refractivity contribution in [3.8, 4) is 0 Å². The van der Waals surface area contributed by atoms with Crippen LogP contribution in [0.3, 0.4) is 0 Å². The maximum atomic E-state index is 12.9. The normalized spacial score (nSPS) is 15.1. The molecule has 0 aromatic heterocycles. The topological polar surface area (TPSA) is 165 Å². The molecule has 1 aromatic rings. The van der Waals surface area contributed by atoms with Crippen LogP contribution in [0.5, 0.6) is 0 Å². The number of Topliss-reactive ketones (excluding diaryl/α,β-unsaturated/α-hetero) is 1. The Hall–Kier alpha value is -3.53. The molecule has 0 saturated heterocycles. The minimum absolute atomic E-state index is 0.0255. The van der Waals surface area contributed by atoms with Crippen LogP contribution >= 0.6 is 0 Å². The van der Waals surface area contributed by atoms with Gasteiger partial charge in [0, 0.05) is 36.7 Å². The molecule has 2 atom stereocenters. The van der Waals surface area contributed by atoms with E-state index in [4.69, 9.17) is 11.5 Å². The van der Waals surface area contributed by atoms with Crippen molar-refractivity contribution in [1.82, 2.24) is 5.32 Å². The summed E-state index contributed by atoms with van der Waals surface area (Å²) in [5.41, 5.74) is 11.8. The van der Waals surface area contributed by atoms with Crippen LogP contribution in [0, 0.1) is 11.8 Å². The lowest BCUT2D eigenvalue weighted by atomic mass is 9.90. The second kappa shape index (κ2) is 11.2. The zero-order valence-corrected chi connectivity index (χ0v) is 18.2. The first-order valence-corrected chi connectivity index (χ1v) is 10.4. The lowest BCUT2D eigenvalue weighted by Crippen LogP contribution is -2.38. The summed E-state index contributed by atoms with van der Waals surface area (Å²) in [5.74, 6) is -2.14. The number of ketones is 1. The number of nitrogens with one attached hydrogen (secondary N) is 2. The molecule has 1 aliphatic heterocycles. The van der Waals surface area contributed by atoms with E-state index in [2.05, 4.69) is 10.6 Å². The third-order valence-electron chi connectivity index (χ3n) is 5.14. The molecule has 0 fully saturated rings. The van der Waals surface area contributed by atoms with Gasteiger partial charge in [0.2, 0.25) is 5.91 Å². The molecule has 32 heavy (non-hydrogen) atoms. The monoisotopic (exact) mass is 443 g/mol. The number of amides is 5. The van der Waals surface area contributed by atoms with Crippen LogP contribution in [0.25, 0.3) is 0 Å². The first kappa shape index (κ1) is 24.7. The van der Waals surface area contributed by atoms with Crippen molar-refractivity contribution in [3.05, 3.63) is 36.4 Å². The van der Waals surface area contributed by atoms with Crippen molar-refractivity contribution in [2.24, 2.45) is 23.3 Å². The number of nitrogens with two attached hydrogens (primary N) is 2. The van der Waals surface area contributed by atoms with E-state index < -0.39 is 29.8 Å². The highest BCUT2D eigenvalue weighted by atomic mass is 16.2. The Balaban J connectivity index is 2.05. The van der Waals surface area contributed by atoms with Gasteiger partial charge in [-0.3, -0.25) is 19.2 Å². The van der Waals surface area contributed by atoms with E-state index in [0.29, 0.717) is 24.2 Å². The molecule has 0 unspecified atom stereocenters. The number of hydrogen-bond acceptors (Lipinski definition) is 6. The number of rotatable bonds is 11. The molecule has 5 amide bonds. The molecule has 10 heteroatoms. The molecule has 1 heterocycles. The van der Waals surface area contributed by atoms with Gasteiger partial charge in [0.25, 0.3) is 11.8 Å². The van der Waals surface area contributed by atoms with Gasteiger partial charge in [-0.25, -0.2) is 9.69 Å². The molecule has 10 nitrogen and oxygen atoms in total. The van der Waals surface area contributed by atoms with E-state index in [9.17, 15) is 24.0 Å². The molecular weight excluding hydrogens is 414 g/mol. The minimum atomic E-state index is -0.669. The van der Waals surface area contributed by atoms with Crippen LogP contribution in [0.4, 0.5) is 16.2 Å². The smallest absolute Gasteiger partial charge is 0.312 e. The largest absolute Gasteiger partial charge is 0.352 e. The SMILES string of the molecule is CC(C)[C@H](N)C(=O)C[C@@H](CCCNC(N)=O)C(=O)Nc1ccc(N2C(=O)C=CC2=O)cc1. The van der Waals surface area contributed by atoms with Crippen molar-refractivity contribution in [1.29, 1.82) is 0 Å². The summed E-state index contributed by atoms with van der Waals surface area (Å²) in [7, 11) is 0. The Morgan fingerprint density at radius 1 is 1.03 bits per heavy atom. The van der Waals surface area contributed by atoms with Gasteiger partial charge in [0.1, 0.15) is 0 Å². The number of imide groups is 1. The predicted octanol–water partition coefficient (Wildman–Crippen LogP) is 1.06. The summed E-state index contributed by atoms with van der Waals surface area (Å²) < 4.78 is 0. The average molecular weight is 444 g/mol. The molecule has 6 N–H and O–H groups in total. The predicted molar refractivity (Wildman–Crippen MR) is 119 cm³/mol. The highest BCUT2D eigenvalue weighted by Crippen LogP contribution is 2.23. The number of carbonyl (C=O) groups excluding carboxylic acids is 5. The van der Waals surface area contributed by atoms with Gasteiger partial charge in [-0.15, -0.1) is 0 Å². The number of benzene rings is 1. The van der Waals surface area contributed by atoms with Gasteiger partial charge in [-0.05, 0) is 43.0 Å². The summed E-state index contributed by atoms with van der Waals surface area (Å²) in [6.45, 7) is 3.95. The molecule has 172 valence electrons. The number of anilines is 2. The zero-order chi connectivity index (χ0) is 23.8. The van der Waals surface area contributed by atoms with Crippen molar-refractivity contribution in [2.45, 2.75) is 39.2 Å². The summed E-state index contributed by atoms with van der Waals surface area (Å²) in [6, 6.07) is 4.90. The quantitative estimate of drug-likeness (QED) is 0.295. The summed E-state index contributed by atoms with van der Waals surface area (Å²) >= 11 is 0. The molecule has 0 bridgehead atoms. The fraction of sp³-hybridized carbons (Fsp3) is 0.409. The number of primary amides is 1. The van der Waals surface area contributed by atoms with Crippen molar-refractivity contribution < 1.29 is 24.0 Å². The van der Waals surface area contributed by atoms with Crippen LogP contribution in [-0.4, -0.2) is 42.1 Å². The number of nitrogens with zero attached hydrogens (tertiary/aromatic N) is 1. The number of urea groups is 1. The third kappa shape index (κ3) is 6.74. The first-order valence-electron chi connectivity index (χ1n) is 10.4. The second-order valence-corrected chi connectivity index (χ2v) is 7.95. The Bertz CT molecular complexity index is 892. The molecule has 0 spiro atoms. The molecule has 2 rings (SSSR count). The maximum absolute atomic E-state index is 12.9. The van der Waals surface area contributed by atoms with Gasteiger partial charge in [0.05, 0.1) is 11.7 Å². The Labute approximate surface area is 186 Å². The van der Waals surface area contributed by atoms with E-state index in [-0.39, 0.29) is 30.6 Å². The molecule has 0 radical (unpaired) electrons. The van der Waals surface area contributed by atoms with Crippen molar-refractivity contribution in [2.75, 3.05) is 16.8 Å². The van der Waals surface area contributed by atoms with Gasteiger partial charge in [-0.2, -0.15) is 0 Å². The van der Waals surface area contributed by atoms with E-state index in [0.717, 1.165) is 4.90 Å². The third-order valence-corrected chi connectivity index (χ3v) is 5.14. The summed E-state index contributed by atoms with van der Waals surface area (Å²) in [5, 5.41) is 5.21. The highest BCUT2D eigenvalue weighted by Gasteiger charge is 2.27. The van der Waals surface area contributed by atoms with Crippen LogP contribution in [-0.2, 0) is 19.2 Å². The van der Waals surface area contributed by atoms with Gasteiger partial charge in [-0.1, -0.05) is 13.8 Å². The summed E-state index contributed by atoms with van der Waals surface area (Å²) in [4.78, 5) is 60.8. The van der Waals surface area contributed by atoms with E-state index in [1.54, 1.807) is 24.3 Å². The molecule has 0 aliphatic carbocycles. The highest BCUT2D eigenvalue weighted by molar-refractivity contribution is 6.28. The number of carbonyl (C=O) groups is 5. The van der Waals surface area contributed by atoms with Crippen molar-refractivity contribution in [3.63, 3.8) is 0 Å². The van der Waals surface area contributed by atoms with E-state index in [1.165, 1.54) is 12.2 Å². The molecule has 0 saturated carbocycles. The lowest BCUT2D eigenvalue weighted by Gasteiger charge is -2.20. The fourth-order valence-electron chi connectivity index (χ4n) is 3.23. The zero-order valence-electron chi connectivity index (χ0n) is 18.2. The summed E-state index contributed by atoms with van der Waals surface area (Å²) in [6.07, 6.45) is 3.16. The Morgan fingerprint density at radius 2 is 1.62 bits per heavy atom. The molecule has 1 aromatic carbocycles. The first-order chi connectivity index (χ1) is 15.1. The van der Waals surface area contributed by atoms with Gasteiger partial charge in [0.15, 0.2) is 5.78 Å².